The summed E-state index contributed by atoms with van der Waals surface area (Å²) in [5.41, 5.74) is 0.757. The molecule has 3 aromatic rings. The Morgan fingerprint density at radius 1 is 1.10 bits per heavy atom. The van der Waals surface area contributed by atoms with Gasteiger partial charge in [-0.2, -0.15) is 0 Å². The maximum atomic E-state index is 14.3. The number of nitrogens with zero attached hydrogens (tertiary/aromatic N) is 2. The average molecular weight is 427 g/mol. The SMILES string of the molecule is COCCOc1cc2c(Nc3cccc(O)c3F)ncnc2cc1OC1CCCCC1. The summed E-state index contributed by atoms with van der Waals surface area (Å²) in [6, 6.07) is 8.00. The molecular weight excluding hydrogens is 401 g/mol. The molecule has 0 radical (unpaired) electrons. The van der Waals surface area contributed by atoms with Crippen molar-refractivity contribution in [3.05, 3.63) is 42.5 Å². The molecule has 1 aromatic heterocycles. The highest BCUT2D eigenvalue weighted by Crippen LogP contribution is 2.37. The fraction of sp³-hybridized carbons (Fsp3) is 0.391. The molecule has 2 aromatic carbocycles. The van der Waals surface area contributed by atoms with Crippen molar-refractivity contribution >= 4 is 22.4 Å². The summed E-state index contributed by atoms with van der Waals surface area (Å²) in [6.07, 6.45) is 7.14. The van der Waals surface area contributed by atoms with Crippen molar-refractivity contribution in [1.82, 2.24) is 9.97 Å². The van der Waals surface area contributed by atoms with E-state index in [0.717, 1.165) is 25.7 Å². The van der Waals surface area contributed by atoms with Gasteiger partial charge in [-0.3, -0.25) is 0 Å². The van der Waals surface area contributed by atoms with E-state index in [1.165, 1.54) is 24.9 Å². The molecule has 4 rings (SSSR count). The Morgan fingerprint density at radius 3 is 2.74 bits per heavy atom. The first-order chi connectivity index (χ1) is 15.2. The van der Waals surface area contributed by atoms with Gasteiger partial charge in [-0.25, -0.2) is 14.4 Å². The van der Waals surface area contributed by atoms with Gasteiger partial charge >= 0.3 is 0 Å². The average Bonchev–Trinajstić information content (AvgIpc) is 2.78. The number of rotatable bonds is 8. The first-order valence-corrected chi connectivity index (χ1v) is 10.5. The van der Waals surface area contributed by atoms with Crippen LogP contribution in [0.3, 0.4) is 0 Å². The number of hydrogen-bond acceptors (Lipinski definition) is 7. The van der Waals surface area contributed by atoms with Gasteiger partial charge in [-0.05, 0) is 43.9 Å². The number of methoxy groups -OCH3 is 1. The van der Waals surface area contributed by atoms with Crippen molar-refractivity contribution in [1.29, 1.82) is 0 Å². The summed E-state index contributed by atoms with van der Waals surface area (Å²) in [5, 5.41) is 13.2. The summed E-state index contributed by atoms with van der Waals surface area (Å²) < 4.78 is 31.6. The molecule has 0 aliphatic heterocycles. The number of nitrogens with one attached hydrogen (secondary N) is 1. The Hall–Kier alpha value is -3.13. The first kappa shape index (κ1) is 21.1. The molecule has 1 saturated carbocycles. The normalized spacial score (nSPS) is 14.5. The number of aromatic hydroxyl groups is 1. The zero-order valence-corrected chi connectivity index (χ0v) is 17.4. The lowest BCUT2D eigenvalue weighted by Crippen LogP contribution is -2.20. The van der Waals surface area contributed by atoms with Gasteiger partial charge in [0, 0.05) is 18.6 Å². The molecule has 0 saturated heterocycles. The van der Waals surface area contributed by atoms with Gasteiger partial charge < -0.3 is 24.6 Å². The summed E-state index contributed by atoms with van der Waals surface area (Å²) >= 11 is 0. The first-order valence-electron chi connectivity index (χ1n) is 10.5. The van der Waals surface area contributed by atoms with Gasteiger partial charge in [-0.15, -0.1) is 0 Å². The lowest BCUT2D eigenvalue weighted by Gasteiger charge is -2.24. The maximum absolute atomic E-state index is 14.3. The van der Waals surface area contributed by atoms with Gasteiger partial charge in [0.15, 0.2) is 23.1 Å². The van der Waals surface area contributed by atoms with Gasteiger partial charge in [0.25, 0.3) is 0 Å². The Morgan fingerprint density at radius 2 is 1.94 bits per heavy atom. The fourth-order valence-electron chi connectivity index (χ4n) is 3.71. The van der Waals surface area contributed by atoms with Gasteiger partial charge in [0.05, 0.1) is 23.9 Å². The second-order valence-corrected chi connectivity index (χ2v) is 7.52. The molecule has 164 valence electrons. The number of phenolic OH excluding ortho intramolecular Hbond substituents is 1. The van der Waals surface area contributed by atoms with Crippen LogP contribution in [0.5, 0.6) is 17.2 Å². The van der Waals surface area contributed by atoms with E-state index in [4.69, 9.17) is 14.2 Å². The van der Waals surface area contributed by atoms with Crippen LogP contribution in [0.15, 0.2) is 36.7 Å². The zero-order valence-electron chi connectivity index (χ0n) is 17.4. The number of fused-ring (bicyclic) bond motifs is 1. The Bertz CT molecular complexity index is 1040. The molecule has 1 aliphatic carbocycles. The van der Waals surface area contributed by atoms with Crippen LogP contribution in [-0.4, -0.2) is 41.5 Å². The monoisotopic (exact) mass is 427 g/mol. The minimum Gasteiger partial charge on any atom is -0.505 e. The number of halogens is 1. The van der Waals surface area contributed by atoms with E-state index in [2.05, 4.69) is 15.3 Å². The highest BCUT2D eigenvalue weighted by Gasteiger charge is 2.19. The van der Waals surface area contributed by atoms with Crippen molar-refractivity contribution in [3.63, 3.8) is 0 Å². The predicted molar refractivity (Wildman–Crippen MR) is 116 cm³/mol. The lowest BCUT2D eigenvalue weighted by molar-refractivity contribution is 0.129. The Kier molecular flexibility index (Phi) is 6.66. The molecule has 31 heavy (non-hydrogen) atoms. The van der Waals surface area contributed by atoms with Crippen LogP contribution in [-0.2, 0) is 4.74 Å². The van der Waals surface area contributed by atoms with Crippen LogP contribution in [0.2, 0.25) is 0 Å². The van der Waals surface area contributed by atoms with Gasteiger partial charge in [-0.1, -0.05) is 12.5 Å². The molecule has 1 heterocycles. The third-order valence-electron chi connectivity index (χ3n) is 5.32. The summed E-state index contributed by atoms with van der Waals surface area (Å²) in [7, 11) is 1.61. The van der Waals surface area contributed by atoms with Crippen LogP contribution in [0.25, 0.3) is 10.9 Å². The molecule has 0 spiro atoms. The number of anilines is 2. The molecule has 1 aliphatic rings. The van der Waals surface area contributed by atoms with Crippen LogP contribution < -0.4 is 14.8 Å². The highest BCUT2D eigenvalue weighted by atomic mass is 19.1. The Labute approximate surface area is 180 Å². The lowest BCUT2D eigenvalue weighted by atomic mass is 9.98. The third-order valence-corrected chi connectivity index (χ3v) is 5.32. The van der Waals surface area contributed by atoms with Gasteiger partial charge in [0.1, 0.15) is 18.8 Å². The van der Waals surface area contributed by atoms with E-state index in [1.807, 2.05) is 6.07 Å². The van der Waals surface area contributed by atoms with Crippen molar-refractivity contribution in [3.8, 4) is 17.2 Å². The number of hydrogen-bond donors (Lipinski definition) is 2. The molecule has 8 heteroatoms. The molecule has 0 amide bonds. The third kappa shape index (κ3) is 4.96. The minimum absolute atomic E-state index is 0.115. The van der Waals surface area contributed by atoms with Crippen LogP contribution >= 0.6 is 0 Å². The van der Waals surface area contributed by atoms with Crippen LogP contribution in [0.1, 0.15) is 32.1 Å². The predicted octanol–water partition coefficient (Wildman–Crippen LogP) is 4.95. The quantitative estimate of drug-likeness (QED) is 0.492. The van der Waals surface area contributed by atoms with Crippen molar-refractivity contribution < 1.29 is 23.7 Å². The number of benzene rings is 2. The summed E-state index contributed by atoms with van der Waals surface area (Å²) in [6.45, 7) is 0.798. The number of phenols is 1. The Balaban J connectivity index is 1.69. The van der Waals surface area contributed by atoms with E-state index < -0.39 is 11.6 Å². The van der Waals surface area contributed by atoms with Crippen molar-refractivity contribution in [2.45, 2.75) is 38.2 Å². The molecule has 0 bridgehead atoms. The van der Waals surface area contributed by atoms with Crippen molar-refractivity contribution in [2.75, 3.05) is 25.6 Å². The maximum Gasteiger partial charge on any atom is 0.188 e. The second-order valence-electron chi connectivity index (χ2n) is 7.52. The second kappa shape index (κ2) is 9.78. The standard InChI is InChI=1S/C23H26FN3O4/c1-29-10-11-30-20-12-16-18(13-21(20)31-15-6-3-2-4-7-15)25-14-26-23(16)27-17-8-5-9-19(28)22(17)24/h5,8-9,12-15,28H,2-4,6-7,10-11H2,1H3,(H,25,26,27). The zero-order chi connectivity index (χ0) is 21.6. The number of aromatic nitrogens is 2. The summed E-state index contributed by atoms with van der Waals surface area (Å²) in [4.78, 5) is 8.62. The molecule has 0 atom stereocenters. The molecule has 7 nitrogen and oxygen atoms in total. The van der Waals surface area contributed by atoms with Crippen LogP contribution in [0, 0.1) is 5.82 Å². The molecule has 0 unspecified atom stereocenters. The summed E-state index contributed by atoms with van der Waals surface area (Å²) in [5.74, 6) is 0.404. The van der Waals surface area contributed by atoms with E-state index in [-0.39, 0.29) is 11.8 Å². The molecule has 2 N–H and O–H groups in total. The fourth-order valence-corrected chi connectivity index (χ4v) is 3.71. The van der Waals surface area contributed by atoms with E-state index in [9.17, 15) is 9.50 Å². The van der Waals surface area contributed by atoms with Crippen LogP contribution in [0.4, 0.5) is 15.9 Å². The number of ether oxygens (including phenoxy) is 3. The van der Waals surface area contributed by atoms with E-state index in [0.29, 0.717) is 41.4 Å². The van der Waals surface area contributed by atoms with E-state index >= 15 is 0 Å². The molecular formula is C23H26FN3O4. The highest BCUT2D eigenvalue weighted by molar-refractivity contribution is 5.93. The minimum atomic E-state index is -0.747. The van der Waals surface area contributed by atoms with Crippen molar-refractivity contribution in [2.24, 2.45) is 0 Å². The largest absolute Gasteiger partial charge is 0.505 e. The smallest absolute Gasteiger partial charge is 0.188 e. The van der Waals surface area contributed by atoms with E-state index in [1.54, 1.807) is 19.2 Å². The molecule has 1 fully saturated rings. The van der Waals surface area contributed by atoms with Gasteiger partial charge in [0.2, 0.25) is 0 Å². The topological polar surface area (TPSA) is 85.7 Å².